The van der Waals surface area contributed by atoms with E-state index in [1.54, 1.807) is 0 Å². The van der Waals surface area contributed by atoms with E-state index in [-0.39, 0.29) is 0 Å². The maximum Gasteiger partial charge on any atom is 0.0786 e. The predicted molar refractivity (Wildman–Crippen MR) is 197 cm³/mol. The summed E-state index contributed by atoms with van der Waals surface area (Å²) in [5, 5.41) is 2.49. The highest BCUT2D eigenvalue weighted by Crippen LogP contribution is 2.40. The topological polar surface area (TPSA) is 9.86 Å². The van der Waals surface area contributed by atoms with Crippen molar-refractivity contribution < 1.29 is 0 Å². The van der Waals surface area contributed by atoms with Crippen molar-refractivity contribution in [3.63, 3.8) is 0 Å². The van der Waals surface area contributed by atoms with Gasteiger partial charge in [-0.1, -0.05) is 146 Å². The Balaban J connectivity index is 1.46. The average Bonchev–Trinajstić information content (AvgIpc) is 3.53. The third kappa shape index (κ3) is 4.85. The van der Waals surface area contributed by atoms with Crippen LogP contribution in [0.4, 0.5) is 0 Å². The summed E-state index contributed by atoms with van der Waals surface area (Å²) in [6.45, 7) is 2.05. The standard InChI is InChI=1S/C44H34N2/c1-2-3-7-20-36-31-45(37-23-14-21-34(29-37)32-16-8-4-9-17-32)43-39(36)27-28-41-40-25-12-6-13-26-42(40)46(44(41)43)38-24-15-22-35(30-38)33-18-10-5-11-19-33/h2-25,27-31H,26H2,1H3/b3-2-,20-7-. The van der Waals surface area contributed by atoms with E-state index in [0.717, 1.165) is 12.1 Å². The number of aromatic nitrogens is 2. The lowest BCUT2D eigenvalue weighted by Crippen LogP contribution is -2.02. The smallest absolute Gasteiger partial charge is 0.0786 e. The normalized spacial score (nSPS) is 12.9. The lowest BCUT2D eigenvalue weighted by Gasteiger charge is -2.15. The van der Waals surface area contributed by atoms with E-state index in [1.807, 2.05) is 0 Å². The van der Waals surface area contributed by atoms with Crippen molar-refractivity contribution in [1.29, 1.82) is 0 Å². The molecule has 0 saturated heterocycles. The van der Waals surface area contributed by atoms with Crippen LogP contribution in [0.3, 0.4) is 0 Å². The number of hydrogen-bond acceptors (Lipinski definition) is 0. The highest BCUT2D eigenvalue weighted by atomic mass is 15.0. The number of fused-ring (bicyclic) bond motifs is 5. The summed E-state index contributed by atoms with van der Waals surface area (Å²) in [5.74, 6) is 0. The second kappa shape index (κ2) is 11.9. The maximum absolute atomic E-state index is 2.51. The second-order valence-corrected chi connectivity index (χ2v) is 11.7. The molecule has 0 spiro atoms. The highest BCUT2D eigenvalue weighted by molar-refractivity contribution is 6.12. The van der Waals surface area contributed by atoms with E-state index in [2.05, 4.69) is 192 Å². The van der Waals surface area contributed by atoms with Crippen molar-refractivity contribution in [3.05, 3.63) is 181 Å². The second-order valence-electron chi connectivity index (χ2n) is 11.7. The van der Waals surface area contributed by atoms with Gasteiger partial charge in [0.2, 0.25) is 0 Å². The van der Waals surface area contributed by atoms with Gasteiger partial charge in [-0.2, -0.15) is 0 Å². The molecule has 0 unspecified atom stereocenters. The number of nitrogens with zero attached hydrogens (tertiary/aromatic N) is 2. The number of allylic oxidation sites excluding steroid dienone is 6. The van der Waals surface area contributed by atoms with Crippen LogP contribution in [0.1, 0.15) is 23.7 Å². The fraction of sp³-hybridized carbons (Fsp3) is 0.0455. The first-order chi connectivity index (χ1) is 22.8. The monoisotopic (exact) mass is 590 g/mol. The van der Waals surface area contributed by atoms with Crippen LogP contribution < -0.4 is 0 Å². The highest BCUT2D eigenvalue weighted by Gasteiger charge is 2.23. The molecule has 220 valence electrons. The van der Waals surface area contributed by atoms with Gasteiger partial charge >= 0.3 is 0 Å². The molecule has 0 radical (unpaired) electrons. The van der Waals surface area contributed by atoms with Gasteiger partial charge in [0.05, 0.1) is 11.0 Å². The van der Waals surface area contributed by atoms with E-state index in [1.165, 1.54) is 66.6 Å². The zero-order valence-electron chi connectivity index (χ0n) is 25.8. The Kier molecular flexibility index (Phi) is 7.16. The Hall–Kier alpha value is -5.86. The molecule has 0 saturated carbocycles. The minimum Gasteiger partial charge on any atom is -0.314 e. The molecular weight excluding hydrogens is 556 g/mol. The number of rotatable bonds is 6. The Morgan fingerprint density at radius 1 is 0.587 bits per heavy atom. The van der Waals surface area contributed by atoms with Gasteiger partial charge in [0.25, 0.3) is 0 Å². The zero-order chi connectivity index (χ0) is 30.9. The first-order valence-corrected chi connectivity index (χ1v) is 16.0. The van der Waals surface area contributed by atoms with Crippen LogP contribution in [0.25, 0.3) is 67.6 Å². The first kappa shape index (κ1) is 27.7. The van der Waals surface area contributed by atoms with Crippen LogP contribution in [0.2, 0.25) is 0 Å². The number of hydrogen-bond donors (Lipinski definition) is 0. The van der Waals surface area contributed by atoms with Gasteiger partial charge in [0.1, 0.15) is 0 Å². The largest absolute Gasteiger partial charge is 0.314 e. The van der Waals surface area contributed by atoms with E-state index in [0.29, 0.717) is 0 Å². The third-order valence-corrected chi connectivity index (χ3v) is 8.91. The molecule has 2 heteroatoms. The Bertz CT molecular complexity index is 2320. The summed E-state index contributed by atoms with van der Waals surface area (Å²) >= 11 is 0. The van der Waals surface area contributed by atoms with E-state index in [9.17, 15) is 0 Å². The molecule has 46 heavy (non-hydrogen) atoms. The molecule has 0 bridgehead atoms. The van der Waals surface area contributed by atoms with Crippen LogP contribution >= 0.6 is 0 Å². The molecule has 0 fully saturated rings. The molecule has 2 aromatic heterocycles. The third-order valence-electron chi connectivity index (χ3n) is 8.91. The van der Waals surface area contributed by atoms with Crippen molar-refractivity contribution >= 4 is 34.0 Å². The molecule has 0 aliphatic heterocycles. The molecule has 2 heterocycles. The fourth-order valence-corrected chi connectivity index (χ4v) is 6.79. The molecular formula is C44H34N2. The van der Waals surface area contributed by atoms with E-state index >= 15 is 0 Å². The zero-order valence-corrected chi connectivity index (χ0v) is 25.8. The minimum absolute atomic E-state index is 0.853. The molecule has 5 aromatic carbocycles. The van der Waals surface area contributed by atoms with Crippen molar-refractivity contribution in [2.24, 2.45) is 0 Å². The van der Waals surface area contributed by atoms with Crippen molar-refractivity contribution in [1.82, 2.24) is 9.13 Å². The molecule has 2 nitrogen and oxygen atoms in total. The summed E-state index contributed by atoms with van der Waals surface area (Å²) in [6.07, 6.45) is 20.6. The molecule has 0 amide bonds. The van der Waals surface area contributed by atoms with E-state index in [4.69, 9.17) is 0 Å². The lowest BCUT2D eigenvalue weighted by molar-refractivity contribution is 1.00. The van der Waals surface area contributed by atoms with Gasteiger partial charge in [-0.3, -0.25) is 0 Å². The predicted octanol–water partition coefficient (Wildman–Crippen LogP) is 11.6. The van der Waals surface area contributed by atoms with Crippen LogP contribution in [0.15, 0.2) is 164 Å². The molecule has 1 aliphatic rings. The molecule has 0 atom stereocenters. The molecule has 1 aliphatic carbocycles. The van der Waals surface area contributed by atoms with Crippen molar-refractivity contribution in [2.45, 2.75) is 13.3 Å². The van der Waals surface area contributed by atoms with Crippen LogP contribution in [0, 0.1) is 0 Å². The Labute approximate surface area is 270 Å². The van der Waals surface area contributed by atoms with Crippen molar-refractivity contribution in [2.75, 3.05) is 0 Å². The van der Waals surface area contributed by atoms with Crippen LogP contribution in [-0.4, -0.2) is 9.13 Å². The van der Waals surface area contributed by atoms with Gasteiger partial charge in [-0.25, -0.2) is 0 Å². The molecule has 8 rings (SSSR count). The summed E-state index contributed by atoms with van der Waals surface area (Å²) in [7, 11) is 0. The number of benzene rings is 5. The van der Waals surface area contributed by atoms with E-state index < -0.39 is 0 Å². The SMILES string of the molecule is C/C=C\C=C/c1cn(-c2cccc(-c3ccccc3)c2)c2c1ccc1c3c(n(-c4cccc(-c5ccccc5)c4)c12)CC=CC=C3. The van der Waals surface area contributed by atoms with Gasteiger partial charge in [0.15, 0.2) is 0 Å². The van der Waals surface area contributed by atoms with Gasteiger partial charge in [0, 0.05) is 51.6 Å². The van der Waals surface area contributed by atoms with Gasteiger partial charge < -0.3 is 9.13 Å². The van der Waals surface area contributed by atoms with Crippen LogP contribution in [-0.2, 0) is 6.42 Å². The first-order valence-electron chi connectivity index (χ1n) is 16.0. The summed E-state index contributed by atoms with van der Waals surface area (Å²) in [4.78, 5) is 0. The fourth-order valence-electron chi connectivity index (χ4n) is 6.79. The quantitative estimate of drug-likeness (QED) is 0.171. The molecule has 7 aromatic rings. The molecule has 0 N–H and O–H groups in total. The van der Waals surface area contributed by atoms with Crippen molar-refractivity contribution in [3.8, 4) is 33.6 Å². The van der Waals surface area contributed by atoms with Gasteiger partial charge in [-0.15, -0.1) is 0 Å². The van der Waals surface area contributed by atoms with Gasteiger partial charge in [-0.05, 0) is 53.4 Å². The summed E-state index contributed by atoms with van der Waals surface area (Å²) < 4.78 is 4.91. The Morgan fingerprint density at radius 2 is 1.24 bits per heavy atom. The maximum atomic E-state index is 2.51. The summed E-state index contributed by atoms with van der Waals surface area (Å²) in [5.41, 5.74) is 13.4. The summed E-state index contributed by atoms with van der Waals surface area (Å²) in [6, 6.07) is 43.8. The Morgan fingerprint density at radius 3 is 1.96 bits per heavy atom. The lowest BCUT2D eigenvalue weighted by atomic mass is 10.0. The average molecular weight is 591 g/mol. The van der Waals surface area contributed by atoms with Crippen LogP contribution in [0.5, 0.6) is 0 Å². The minimum atomic E-state index is 0.853.